The topological polar surface area (TPSA) is 69.0 Å². The van der Waals surface area contributed by atoms with Crippen LogP contribution >= 0.6 is 0 Å². The Morgan fingerprint density at radius 3 is 2.76 bits per heavy atom. The lowest BCUT2D eigenvalue weighted by Gasteiger charge is -2.19. The van der Waals surface area contributed by atoms with Crippen molar-refractivity contribution in [1.82, 2.24) is 24.7 Å². The molecule has 7 heteroatoms. The van der Waals surface area contributed by atoms with Gasteiger partial charge >= 0.3 is 0 Å². The van der Waals surface area contributed by atoms with Crippen molar-refractivity contribution < 1.29 is 4.74 Å². The van der Waals surface area contributed by atoms with E-state index in [1.807, 2.05) is 53.3 Å². The molecule has 0 bridgehead atoms. The Morgan fingerprint density at radius 1 is 1.07 bits per heavy atom. The van der Waals surface area contributed by atoms with E-state index in [9.17, 15) is 0 Å². The number of fused-ring (bicyclic) bond motifs is 1. The minimum Gasteiger partial charge on any atom is -0.489 e. The SMILES string of the molecule is CCn1ncc2c(N3CC[C@H](Oc4ccccc4)C3)nc(-c3cccnc3)nc21. The number of ether oxygens (including phenoxy) is 1. The van der Waals surface area contributed by atoms with Gasteiger partial charge in [-0.3, -0.25) is 4.98 Å². The summed E-state index contributed by atoms with van der Waals surface area (Å²) in [6.45, 7) is 4.49. The van der Waals surface area contributed by atoms with Crippen molar-refractivity contribution in [1.29, 1.82) is 0 Å². The number of rotatable bonds is 5. The Morgan fingerprint density at radius 2 is 1.97 bits per heavy atom. The maximum atomic E-state index is 6.16. The number of hydrogen-bond donors (Lipinski definition) is 0. The first kappa shape index (κ1) is 17.6. The molecule has 0 N–H and O–H groups in total. The Balaban J connectivity index is 1.50. The number of aromatic nitrogens is 5. The number of aryl methyl sites for hydroxylation is 1. The number of hydrogen-bond acceptors (Lipinski definition) is 6. The van der Waals surface area contributed by atoms with Crippen LogP contribution < -0.4 is 9.64 Å². The predicted octanol–water partition coefficient (Wildman–Crippen LogP) is 3.57. The van der Waals surface area contributed by atoms with Gasteiger partial charge in [0.25, 0.3) is 0 Å². The van der Waals surface area contributed by atoms with Crippen LogP contribution in [-0.4, -0.2) is 43.9 Å². The van der Waals surface area contributed by atoms with Crippen LogP contribution in [0.2, 0.25) is 0 Å². The Labute approximate surface area is 169 Å². The molecule has 4 heterocycles. The summed E-state index contributed by atoms with van der Waals surface area (Å²) in [5, 5.41) is 5.48. The van der Waals surface area contributed by atoms with Gasteiger partial charge in [0.1, 0.15) is 17.7 Å². The van der Waals surface area contributed by atoms with Gasteiger partial charge in [-0.25, -0.2) is 14.6 Å². The summed E-state index contributed by atoms with van der Waals surface area (Å²) in [4.78, 5) is 16.2. The van der Waals surface area contributed by atoms with Gasteiger partial charge in [-0.05, 0) is 31.2 Å². The number of para-hydroxylation sites is 1. The molecule has 7 nitrogen and oxygen atoms in total. The standard InChI is InChI=1S/C22H22N6O/c1-2-28-22-19(14-24-28)21(25-20(26-22)16-7-6-11-23-13-16)27-12-10-18(15-27)29-17-8-4-3-5-9-17/h3-9,11,13-14,18H,2,10,12,15H2,1H3/t18-/m0/s1. The fourth-order valence-corrected chi connectivity index (χ4v) is 3.75. The molecule has 3 aromatic heterocycles. The van der Waals surface area contributed by atoms with Crippen LogP contribution in [0.1, 0.15) is 13.3 Å². The quantitative estimate of drug-likeness (QED) is 0.522. The molecule has 0 unspecified atom stereocenters. The summed E-state index contributed by atoms with van der Waals surface area (Å²) in [5.41, 5.74) is 1.75. The molecule has 0 spiro atoms. The lowest BCUT2D eigenvalue weighted by Crippen LogP contribution is -2.25. The molecule has 1 fully saturated rings. The smallest absolute Gasteiger partial charge is 0.165 e. The van der Waals surface area contributed by atoms with Crippen molar-refractivity contribution in [2.75, 3.05) is 18.0 Å². The van der Waals surface area contributed by atoms with Gasteiger partial charge in [-0.1, -0.05) is 18.2 Å². The summed E-state index contributed by atoms with van der Waals surface area (Å²) in [7, 11) is 0. The zero-order valence-electron chi connectivity index (χ0n) is 16.3. The third kappa shape index (κ3) is 3.40. The van der Waals surface area contributed by atoms with Gasteiger partial charge in [0, 0.05) is 37.5 Å². The predicted molar refractivity (Wildman–Crippen MR) is 112 cm³/mol. The zero-order chi connectivity index (χ0) is 19.6. The van der Waals surface area contributed by atoms with Gasteiger partial charge < -0.3 is 9.64 Å². The van der Waals surface area contributed by atoms with Crippen molar-refractivity contribution in [3.63, 3.8) is 0 Å². The molecule has 0 aliphatic carbocycles. The van der Waals surface area contributed by atoms with E-state index in [1.54, 1.807) is 12.4 Å². The molecule has 1 saturated heterocycles. The molecule has 1 aromatic carbocycles. The molecule has 1 atom stereocenters. The summed E-state index contributed by atoms with van der Waals surface area (Å²) >= 11 is 0. The second-order valence-electron chi connectivity index (χ2n) is 7.10. The molecule has 1 aliphatic heterocycles. The number of benzene rings is 1. The van der Waals surface area contributed by atoms with E-state index in [-0.39, 0.29) is 6.10 Å². The van der Waals surface area contributed by atoms with E-state index in [2.05, 4.69) is 21.9 Å². The van der Waals surface area contributed by atoms with Crippen LogP contribution in [0.4, 0.5) is 5.82 Å². The summed E-state index contributed by atoms with van der Waals surface area (Å²) in [6, 6.07) is 13.9. The van der Waals surface area contributed by atoms with Crippen molar-refractivity contribution in [3.8, 4) is 17.1 Å². The number of nitrogens with zero attached hydrogens (tertiary/aromatic N) is 6. The molecular weight excluding hydrogens is 364 g/mol. The van der Waals surface area contributed by atoms with E-state index < -0.39 is 0 Å². The molecule has 4 aromatic rings. The third-order valence-corrected chi connectivity index (χ3v) is 5.19. The molecule has 146 valence electrons. The van der Waals surface area contributed by atoms with E-state index in [0.717, 1.165) is 54.2 Å². The fraction of sp³-hybridized carbons (Fsp3) is 0.273. The van der Waals surface area contributed by atoms with E-state index >= 15 is 0 Å². The average molecular weight is 386 g/mol. The van der Waals surface area contributed by atoms with Gasteiger partial charge in [-0.15, -0.1) is 0 Å². The summed E-state index contributed by atoms with van der Waals surface area (Å²) in [5.74, 6) is 2.48. The van der Waals surface area contributed by atoms with E-state index in [0.29, 0.717) is 5.82 Å². The van der Waals surface area contributed by atoms with Crippen LogP contribution in [0.25, 0.3) is 22.4 Å². The Bertz CT molecular complexity index is 1110. The van der Waals surface area contributed by atoms with Crippen LogP contribution in [0.5, 0.6) is 5.75 Å². The molecule has 0 amide bonds. The van der Waals surface area contributed by atoms with Crippen LogP contribution in [0.15, 0.2) is 61.1 Å². The fourth-order valence-electron chi connectivity index (χ4n) is 3.75. The van der Waals surface area contributed by atoms with Gasteiger partial charge in [0.15, 0.2) is 11.5 Å². The van der Waals surface area contributed by atoms with Crippen molar-refractivity contribution in [2.24, 2.45) is 0 Å². The van der Waals surface area contributed by atoms with Crippen LogP contribution in [0.3, 0.4) is 0 Å². The molecular formula is C22H22N6O. The summed E-state index contributed by atoms with van der Waals surface area (Å²) in [6.07, 6.45) is 6.50. The number of pyridine rings is 1. The number of anilines is 1. The molecule has 0 radical (unpaired) electrons. The average Bonchev–Trinajstić information content (AvgIpc) is 3.41. The monoisotopic (exact) mass is 386 g/mol. The Hall–Kier alpha value is -3.48. The van der Waals surface area contributed by atoms with Gasteiger partial charge in [0.05, 0.1) is 18.1 Å². The largest absolute Gasteiger partial charge is 0.489 e. The van der Waals surface area contributed by atoms with E-state index in [4.69, 9.17) is 14.7 Å². The maximum absolute atomic E-state index is 6.16. The van der Waals surface area contributed by atoms with Crippen LogP contribution in [-0.2, 0) is 6.54 Å². The van der Waals surface area contributed by atoms with Crippen LogP contribution in [0, 0.1) is 0 Å². The van der Waals surface area contributed by atoms with Crippen molar-refractivity contribution >= 4 is 16.9 Å². The normalized spacial score (nSPS) is 16.4. The third-order valence-electron chi connectivity index (χ3n) is 5.19. The molecule has 1 aliphatic rings. The van der Waals surface area contributed by atoms with Gasteiger partial charge in [0.2, 0.25) is 0 Å². The zero-order valence-corrected chi connectivity index (χ0v) is 16.3. The second-order valence-corrected chi connectivity index (χ2v) is 7.10. The highest BCUT2D eigenvalue weighted by Gasteiger charge is 2.28. The highest BCUT2D eigenvalue weighted by atomic mass is 16.5. The first-order valence-electron chi connectivity index (χ1n) is 9.92. The molecule has 5 rings (SSSR count). The first-order valence-corrected chi connectivity index (χ1v) is 9.92. The molecule has 0 saturated carbocycles. The highest BCUT2D eigenvalue weighted by Crippen LogP contribution is 2.30. The lowest BCUT2D eigenvalue weighted by atomic mass is 10.2. The van der Waals surface area contributed by atoms with E-state index in [1.165, 1.54) is 0 Å². The summed E-state index contributed by atoms with van der Waals surface area (Å²) < 4.78 is 8.08. The van der Waals surface area contributed by atoms with Crippen molar-refractivity contribution in [3.05, 3.63) is 61.1 Å². The second kappa shape index (κ2) is 7.50. The highest BCUT2D eigenvalue weighted by molar-refractivity contribution is 5.88. The van der Waals surface area contributed by atoms with Crippen molar-refractivity contribution in [2.45, 2.75) is 26.0 Å². The minimum atomic E-state index is 0.130. The maximum Gasteiger partial charge on any atom is 0.165 e. The first-order chi connectivity index (χ1) is 14.3. The minimum absolute atomic E-state index is 0.130. The molecule has 29 heavy (non-hydrogen) atoms. The van der Waals surface area contributed by atoms with Gasteiger partial charge in [-0.2, -0.15) is 5.10 Å². The lowest BCUT2D eigenvalue weighted by molar-refractivity contribution is 0.225. The Kier molecular flexibility index (Phi) is 4.56.